The topological polar surface area (TPSA) is 105 Å². The molecule has 136 valence electrons. The van der Waals surface area contributed by atoms with Crippen LogP contribution in [-0.4, -0.2) is 34.9 Å². The average molecular weight is 356 g/mol. The van der Waals surface area contributed by atoms with Gasteiger partial charge < -0.3 is 19.8 Å². The Morgan fingerprint density at radius 3 is 2.73 bits per heavy atom. The highest BCUT2D eigenvalue weighted by Crippen LogP contribution is 2.28. The molecule has 2 aliphatic rings. The molecule has 2 aromatic rings. The summed E-state index contributed by atoms with van der Waals surface area (Å²) in [5.41, 5.74) is 0.580. The lowest BCUT2D eigenvalue weighted by Crippen LogP contribution is -2.42. The highest BCUT2D eigenvalue weighted by Gasteiger charge is 2.39. The number of benzene rings is 1. The molecule has 8 nitrogen and oxygen atoms in total. The largest absolute Gasteiger partial charge is 0.425 e. The number of aromatic nitrogens is 1. The number of ether oxygens (including phenoxy) is 1. The van der Waals surface area contributed by atoms with Gasteiger partial charge in [-0.2, -0.15) is 4.98 Å². The lowest BCUT2D eigenvalue weighted by molar-refractivity contribution is -0.114. The number of oxazole rings is 1. The first-order valence-corrected chi connectivity index (χ1v) is 8.65. The van der Waals surface area contributed by atoms with Gasteiger partial charge in [0.1, 0.15) is 11.9 Å². The maximum atomic E-state index is 12.4. The van der Waals surface area contributed by atoms with Crippen LogP contribution >= 0.6 is 0 Å². The van der Waals surface area contributed by atoms with Gasteiger partial charge in [0.2, 0.25) is 5.91 Å². The zero-order valence-electron chi connectivity index (χ0n) is 14.3. The Bertz CT molecular complexity index is 817. The van der Waals surface area contributed by atoms with E-state index < -0.39 is 0 Å². The van der Waals surface area contributed by atoms with Crippen LogP contribution in [0.3, 0.4) is 0 Å². The van der Waals surface area contributed by atoms with E-state index in [1.807, 2.05) is 0 Å². The smallest absolute Gasteiger partial charge is 0.312 e. The molecule has 8 heteroatoms. The second-order valence-electron chi connectivity index (χ2n) is 6.66. The van der Waals surface area contributed by atoms with Gasteiger partial charge in [-0.05, 0) is 43.5 Å². The van der Waals surface area contributed by atoms with E-state index in [-0.39, 0.29) is 29.8 Å². The van der Waals surface area contributed by atoms with E-state index in [4.69, 9.17) is 9.15 Å². The van der Waals surface area contributed by atoms with Crippen LogP contribution in [0.1, 0.15) is 36.5 Å². The van der Waals surface area contributed by atoms with Crippen molar-refractivity contribution in [1.82, 2.24) is 15.6 Å². The summed E-state index contributed by atoms with van der Waals surface area (Å²) in [5, 5.41) is 9.04. The third-order valence-electron chi connectivity index (χ3n) is 4.72. The molecular weight excluding hydrogens is 336 g/mol. The van der Waals surface area contributed by atoms with E-state index in [1.54, 1.807) is 24.3 Å². The summed E-state index contributed by atoms with van der Waals surface area (Å²) in [7, 11) is 0. The third-order valence-corrected chi connectivity index (χ3v) is 4.72. The summed E-state index contributed by atoms with van der Waals surface area (Å²) in [6, 6.07) is 8.01. The van der Waals surface area contributed by atoms with Crippen LogP contribution in [-0.2, 0) is 4.79 Å². The zero-order chi connectivity index (χ0) is 18.1. The van der Waals surface area contributed by atoms with Crippen molar-refractivity contribution in [2.24, 2.45) is 0 Å². The first-order valence-electron chi connectivity index (χ1n) is 8.65. The highest BCUT2D eigenvalue weighted by atomic mass is 16.6. The van der Waals surface area contributed by atoms with Gasteiger partial charge in [0.25, 0.3) is 5.91 Å². The molecule has 0 saturated carbocycles. The molecule has 3 N–H and O–H groups in total. The number of nitrogens with one attached hydrogen (secondary N) is 3. The van der Waals surface area contributed by atoms with Crippen molar-refractivity contribution < 1.29 is 18.7 Å². The van der Waals surface area contributed by atoms with Crippen molar-refractivity contribution >= 4 is 17.8 Å². The Morgan fingerprint density at radius 1 is 1.27 bits per heavy atom. The standard InChI is InChI=1S/C18H20N4O4/c1-10(23)20-18-19-9-16(26-18)25-13-5-2-11(3-6-13)17(24)22-15-8-12-4-7-14(15)21-12/h2-3,5-6,9,12,14-15,21H,4,7-8H2,1H3,(H,22,24)(H,19,20,23). The van der Waals surface area contributed by atoms with E-state index in [0.29, 0.717) is 23.4 Å². The van der Waals surface area contributed by atoms with E-state index in [0.717, 1.165) is 12.8 Å². The third kappa shape index (κ3) is 3.55. The molecule has 2 saturated heterocycles. The number of nitrogens with zero attached hydrogens (tertiary/aromatic N) is 1. The fourth-order valence-corrected chi connectivity index (χ4v) is 3.54. The summed E-state index contributed by atoms with van der Waals surface area (Å²) in [6.07, 6.45) is 4.70. The Hall–Kier alpha value is -2.87. The molecule has 26 heavy (non-hydrogen) atoms. The molecule has 3 heterocycles. The van der Waals surface area contributed by atoms with Crippen LogP contribution in [0.15, 0.2) is 34.9 Å². The van der Waals surface area contributed by atoms with Crippen LogP contribution in [0.5, 0.6) is 11.7 Å². The van der Waals surface area contributed by atoms with Gasteiger partial charge >= 0.3 is 12.0 Å². The molecule has 1 aromatic heterocycles. The second-order valence-corrected chi connectivity index (χ2v) is 6.66. The summed E-state index contributed by atoms with van der Waals surface area (Å²) >= 11 is 0. The second kappa shape index (κ2) is 6.80. The van der Waals surface area contributed by atoms with Crippen molar-refractivity contribution in [1.29, 1.82) is 0 Å². The van der Waals surface area contributed by atoms with Crippen molar-refractivity contribution in [2.75, 3.05) is 5.32 Å². The predicted octanol–water partition coefficient (Wildman–Crippen LogP) is 2.05. The molecule has 3 unspecified atom stereocenters. The molecule has 2 amide bonds. The monoisotopic (exact) mass is 356 g/mol. The number of carbonyl (C=O) groups excluding carboxylic acids is 2. The average Bonchev–Trinajstić information content (AvgIpc) is 3.32. The van der Waals surface area contributed by atoms with E-state index in [2.05, 4.69) is 20.9 Å². The van der Waals surface area contributed by atoms with Crippen LogP contribution in [0.2, 0.25) is 0 Å². The number of hydrogen-bond acceptors (Lipinski definition) is 6. The molecule has 3 atom stereocenters. The van der Waals surface area contributed by atoms with Gasteiger partial charge in [-0.15, -0.1) is 0 Å². The summed E-state index contributed by atoms with van der Waals surface area (Å²) in [6.45, 7) is 1.36. The minimum atomic E-state index is -0.278. The van der Waals surface area contributed by atoms with E-state index in [9.17, 15) is 9.59 Å². The fourth-order valence-electron chi connectivity index (χ4n) is 3.54. The molecule has 0 spiro atoms. The lowest BCUT2D eigenvalue weighted by atomic mass is 9.95. The molecule has 2 aliphatic heterocycles. The van der Waals surface area contributed by atoms with Gasteiger partial charge in [0, 0.05) is 30.6 Å². The number of anilines is 1. The van der Waals surface area contributed by atoms with Gasteiger partial charge in [-0.1, -0.05) is 0 Å². The molecule has 0 radical (unpaired) electrons. The number of amides is 2. The fraction of sp³-hybridized carbons (Fsp3) is 0.389. The number of carbonyl (C=O) groups is 2. The van der Waals surface area contributed by atoms with Crippen molar-refractivity contribution in [3.8, 4) is 11.7 Å². The maximum Gasteiger partial charge on any atom is 0.312 e. The Kier molecular flexibility index (Phi) is 4.34. The first-order chi connectivity index (χ1) is 12.6. The maximum absolute atomic E-state index is 12.4. The summed E-state index contributed by atoms with van der Waals surface area (Å²) < 4.78 is 10.8. The van der Waals surface area contributed by atoms with Gasteiger partial charge in [0.05, 0.1) is 0 Å². The van der Waals surface area contributed by atoms with Gasteiger partial charge in [-0.25, -0.2) is 0 Å². The molecular formula is C18H20N4O4. The SMILES string of the molecule is CC(=O)Nc1ncc(Oc2ccc(C(=O)NC3CC4CCC3N4)cc2)o1. The van der Waals surface area contributed by atoms with Crippen LogP contribution in [0, 0.1) is 0 Å². The van der Waals surface area contributed by atoms with Gasteiger partial charge in [-0.3, -0.25) is 14.9 Å². The van der Waals surface area contributed by atoms with E-state index in [1.165, 1.54) is 19.5 Å². The van der Waals surface area contributed by atoms with Crippen molar-refractivity contribution in [2.45, 2.75) is 44.3 Å². The number of hydrogen-bond donors (Lipinski definition) is 3. The predicted molar refractivity (Wildman–Crippen MR) is 93.1 cm³/mol. The molecule has 2 fully saturated rings. The quantitative estimate of drug-likeness (QED) is 0.757. The van der Waals surface area contributed by atoms with Crippen LogP contribution < -0.4 is 20.7 Å². The van der Waals surface area contributed by atoms with Gasteiger partial charge in [0.15, 0.2) is 0 Å². The molecule has 1 aromatic carbocycles. The van der Waals surface area contributed by atoms with E-state index >= 15 is 0 Å². The normalized spacial score (nSPS) is 23.7. The van der Waals surface area contributed by atoms with Crippen molar-refractivity contribution in [3.05, 3.63) is 36.0 Å². The number of fused-ring (bicyclic) bond motifs is 2. The molecule has 2 bridgehead atoms. The van der Waals surface area contributed by atoms with Crippen LogP contribution in [0.25, 0.3) is 0 Å². The lowest BCUT2D eigenvalue weighted by Gasteiger charge is -2.21. The van der Waals surface area contributed by atoms with Crippen molar-refractivity contribution in [3.63, 3.8) is 0 Å². The minimum absolute atomic E-state index is 0.0722. The highest BCUT2D eigenvalue weighted by molar-refractivity contribution is 5.94. The first kappa shape index (κ1) is 16.6. The Morgan fingerprint density at radius 2 is 2.08 bits per heavy atom. The zero-order valence-corrected chi connectivity index (χ0v) is 14.3. The minimum Gasteiger partial charge on any atom is -0.425 e. The molecule has 0 aliphatic carbocycles. The Labute approximate surface area is 150 Å². The summed E-state index contributed by atoms with van der Waals surface area (Å²) in [4.78, 5) is 27.2. The summed E-state index contributed by atoms with van der Waals surface area (Å²) in [5.74, 6) is 0.302. The number of rotatable bonds is 5. The van der Waals surface area contributed by atoms with Crippen LogP contribution in [0.4, 0.5) is 6.01 Å². The Balaban J connectivity index is 1.35. The molecule has 4 rings (SSSR count).